The van der Waals surface area contributed by atoms with E-state index >= 15 is 0 Å². The van der Waals surface area contributed by atoms with Gasteiger partial charge in [0.15, 0.2) is 0 Å². The third-order valence-electron chi connectivity index (χ3n) is 10.9. The van der Waals surface area contributed by atoms with Crippen LogP contribution in [0.15, 0.2) is 97.1 Å². The van der Waals surface area contributed by atoms with Crippen LogP contribution >= 0.6 is 23.2 Å². The molecular formula is C44H53Cl2F6N4NaO4. The van der Waals surface area contributed by atoms with Gasteiger partial charge in [-0.2, -0.15) is 26.3 Å². The van der Waals surface area contributed by atoms with Crippen LogP contribution in [0.5, 0.6) is 11.5 Å². The summed E-state index contributed by atoms with van der Waals surface area (Å²) in [6, 6.07) is 26.1. The molecule has 17 heteroatoms. The number of piperidine rings is 2. The van der Waals surface area contributed by atoms with Crippen LogP contribution < -0.4 is 50.7 Å². The molecule has 4 aromatic rings. The second kappa shape index (κ2) is 25.4. The van der Waals surface area contributed by atoms with Crippen molar-refractivity contribution in [2.45, 2.75) is 57.8 Å². The number of hydrazine groups is 1. The van der Waals surface area contributed by atoms with Gasteiger partial charge in [0.1, 0.15) is 31.0 Å². The average Bonchev–Trinajstić information content (AvgIpc) is 3.22. The summed E-state index contributed by atoms with van der Waals surface area (Å²) in [4.78, 5) is 16.2. The SMILES string of the molecule is CC1(Cc2ccc(Cl)cc2)CCN(CCOc2ccccc2C(F)(F)F)CC1.NN.O=CC1(Cc2ccc(Cl)cc2)CCN(CCOc2ccccc2C(F)(F)F)CC1.[Na+].[OH-]. The number of nitrogens with zero attached hydrogens (tertiary/aromatic N) is 2. The summed E-state index contributed by atoms with van der Waals surface area (Å²) < 4.78 is 89.0. The Balaban J connectivity index is 0.000000392. The Morgan fingerprint density at radius 3 is 1.36 bits per heavy atom. The van der Waals surface area contributed by atoms with E-state index in [0.717, 1.165) is 61.4 Å². The van der Waals surface area contributed by atoms with Crippen molar-refractivity contribution in [3.8, 4) is 11.5 Å². The summed E-state index contributed by atoms with van der Waals surface area (Å²) in [5.74, 6) is 7.75. The summed E-state index contributed by atoms with van der Waals surface area (Å²) in [6.45, 7) is 7.12. The maximum atomic E-state index is 13.0. The molecule has 0 atom stereocenters. The van der Waals surface area contributed by atoms with Gasteiger partial charge in [0.05, 0.1) is 11.1 Å². The summed E-state index contributed by atoms with van der Waals surface area (Å²) in [5, 5.41) is 1.41. The fraction of sp³-hybridized carbons (Fsp3) is 0.432. The number of rotatable bonds is 13. The van der Waals surface area contributed by atoms with Gasteiger partial charge in [-0.25, -0.2) is 0 Å². The molecule has 330 valence electrons. The Morgan fingerprint density at radius 2 is 0.984 bits per heavy atom. The van der Waals surface area contributed by atoms with Gasteiger partial charge in [-0.3, -0.25) is 21.5 Å². The molecule has 0 spiro atoms. The average molecular weight is 910 g/mol. The zero-order valence-electron chi connectivity index (χ0n) is 34.5. The maximum Gasteiger partial charge on any atom is 1.00 e. The molecule has 8 nitrogen and oxygen atoms in total. The molecule has 6 rings (SSSR count). The van der Waals surface area contributed by atoms with Crippen LogP contribution in [0.25, 0.3) is 0 Å². The molecule has 2 aliphatic heterocycles. The molecule has 0 bridgehead atoms. The van der Waals surface area contributed by atoms with E-state index < -0.39 is 28.9 Å². The Morgan fingerprint density at radius 1 is 0.623 bits per heavy atom. The van der Waals surface area contributed by atoms with Crippen molar-refractivity contribution < 1.29 is 75.6 Å². The number of hydrogen-bond acceptors (Lipinski definition) is 8. The third-order valence-corrected chi connectivity index (χ3v) is 11.4. The molecule has 0 aliphatic carbocycles. The number of halogens is 8. The monoisotopic (exact) mass is 908 g/mol. The molecule has 0 saturated carbocycles. The van der Waals surface area contributed by atoms with Crippen molar-refractivity contribution in [1.82, 2.24) is 9.80 Å². The normalized spacial score (nSPS) is 16.2. The maximum absolute atomic E-state index is 13.0. The molecule has 2 heterocycles. The van der Waals surface area contributed by atoms with Crippen LogP contribution in [0.1, 0.15) is 54.9 Å². The Labute approximate surface area is 386 Å². The number of hydrogen-bond donors (Lipinski definition) is 2. The van der Waals surface area contributed by atoms with Crippen molar-refractivity contribution in [2.75, 3.05) is 52.5 Å². The second-order valence-electron chi connectivity index (χ2n) is 15.3. The second-order valence-corrected chi connectivity index (χ2v) is 16.1. The number of para-hydroxylation sites is 2. The van der Waals surface area contributed by atoms with Gasteiger partial charge in [0.2, 0.25) is 0 Å². The number of benzene rings is 4. The van der Waals surface area contributed by atoms with E-state index in [1.54, 1.807) is 6.07 Å². The molecule has 4 aromatic carbocycles. The number of aldehydes is 1. The molecule has 0 unspecified atom stereocenters. The van der Waals surface area contributed by atoms with E-state index in [2.05, 4.69) is 40.5 Å². The topological polar surface area (TPSA) is 124 Å². The minimum atomic E-state index is -4.44. The van der Waals surface area contributed by atoms with Gasteiger partial charge in [-0.1, -0.05) is 78.7 Å². The smallest absolute Gasteiger partial charge is 0.870 e. The Bertz CT molecular complexity index is 1880. The standard InChI is InChI=1S/C22H23ClF3NO2.C22H25ClF3NO.H4N2.Na.H2O/c23-18-7-5-17(6-8-18)15-21(16-28)9-11-27(12-10-21)13-14-29-20-4-2-1-3-19(20)22(24,25)26;1-21(16-17-6-8-18(23)9-7-17)10-12-27(13-11-21)14-15-28-20-5-3-2-4-19(20)22(24,25)26;1-2;;/h1-8,16H,9-15H2;2-9H,10-16H2,1H3;1-2H2;;1H2/q;;;+1;/p-1. The summed E-state index contributed by atoms with van der Waals surface area (Å²) in [7, 11) is 0. The van der Waals surface area contributed by atoms with E-state index in [9.17, 15) is 31.1 Å². The number of alkyl halides is 6. The number of carbonyl (C=O) groups excluding carboxylic acids is 1. The molecule has 2 saturated heterocycles. The first kappa shape index (κ1) is 54.2. The molecule has 0 amide bonds. The van der Waals surface area contributed by atoms with Gasteiger partial charge < -0.3 is 19.7 Å². The summed E-state index contributed by atoms with van der Waals surface area (Å²) in [5.41, 5.74) is 0.697. The van der Waals surface area contributed by atoms with E-state index in [4.69, 9.17) is 32.7 Å². The van der Waals surface area contributed by atoms with E-state index in [1.165, 1.54) is 35.9 Å². The van der Waals surface area contributed by atoms with Crippen LogP contribution in [-0.2, 0) is 30.0 Å². The van der Waals surface area contributed by atoms with Crippen molar-refractivity contribution >= 4 is 29.5 Å². The van der Waals surface area contributed by atoms with E-state index in [1.807, 2.05) is 36.4 Å². The quantitative estimate of drug-likeness (QED) is 0.0484. The first-order valence-corrected chi connectivity index (χ1v) is 20.1. The largest absolute Gasteiger partial charge is 1.00 e. The fourth-order valence-corrected chi connectivity index (χ4v) is 7.63. The van der Waals surface area contributed by atoms with Gasteiger partial charge in [0, 0.05) is 28.5 Å². The number of carbonyl (C=O) groups is 1. The minimum Gasteiger partial charge on any atom is -0.870 e. The number of likely N-dealkylation sites (tertiary alicyclic amines) is 2. The van der Waals surface area contributed by atoms with Crippen LogP contribution in [-0.4, -0.2) is 74.0 Å². The molecule has 2 fully saturated rings. The first-order valence-electron chi connectivity index (χ1n) is 19.4. The van der Waals surface area contributed by atoms with Crippen LogP contribution in [0, 0.1) is 10.8 Å². The molecule has 5 N–H and O–H groups in total. The molecule has 0 aromatic heterocycles. The third kappa shape index (κ3) is 17.3. The molecule has 2 aliphatic rings. The number of nitrogens with two attached hydrogens (primary N) is 2. The minimum absolute atomic E-state index is 0. The van der Waals surface area contributed by atoms with Crippen molar-refractivity contribution in [2.24, 2.45) is 22.5 Å². The van der Waals surface area contributed by atoms with Gasteiger partial charge in [-0.05, 0) is 130 Å². The van der Waals surface area contributed by atoms with Gasteiger partial charge >= 0.3 is 41.9 Å². The van der Waals surface area contributed by atoms with E-state index in [0.29, 0.717) is 50.5 Å². The van der Waals surface area contributed by atoms with Crippen molar-refractivity contribution in [3.63, 3.8) is 0 Å². The zero-order chi connectivity index (χ0) is 43.1. The summed E-state index contributed by atoms with van der Waals surface area (Å²) >= 11 is 11.9. The van der Waals surface area contributed by atoms with E-state index in [-0.39, 0.29) is 65.2 Å². The molecular weight excluding hydrogens is 856 g/mol. The zero-order valence-corrected chi connectivity index (χ0v) is 38.0. The Kier molecular flexibility index (Phi) is 22.6. The molecule has 0 radical (unpaired) electrons. The fourth-order valence-electron chi connectivity index (χ4n) is 7.38. The first-order chi connectivity index (χ1) is 28.1. The van der Waals surface area contributed by atoms with Crippen LogP contribution in [0.2, 0.25) is 10.0 Å². The molecule has 61 heavy (non-hydrogen) atoms. The van der Waals surface area contributed by atoms with Crippen molar-refractivity contribution in [1.29, 1.82) is 0 Å². The predicted octanol–water partition coefficient (Wildman–Crippen LogP) is 6.99. The Hall–Kier alpha value is -2.89. The van der Waals surface area contributed by atoms with Gasteiger partial charge in [0.25, 0.3) is 0 Å². The van der Waals surface area contributed by atoms with Crippen molar-refractivity contribution in [3.05, 3.63) is 129 Å². The van der Waals surface area contributed by atoms with Crippen LogP contribution in [0.3, 0.4) is 0 Å². The predicted molar refractivity (Wildman–Crippen MR) is 222 cm³/mol. The summed E-state index contributed by atoms with van der Waals surface area (Å²) in [6.07, 6.45) is -2.60. The van der Waals surface area contributed by atoms with Gasteiger partial charge in [-0.15, -0.1) is 0 Å². The number of ether oxygens (including phenoxy) is 2. The van der Waals surface area contributed by atoms with Crippen LogP contribution in [0.4, 0.5) is 26.3 Å².